The zero-order valence-electron chi connectivity index (χ0n) is 10.0. The SMILES string of the molecule is Cc1nc(CCN2CCCC2)sc1C(=O)NN. The lowest BCUT2D eigenvalue weighted by Crippen LogP contribution is -2.29. The highest BCUT2D eigenvalue weighted by atomic mass is 32.1. The number of likely N-dealkylation sites (tertiary alicyclic amines) is 1. The molecule has 1 amide bonds. The average Bonchev–Trinajstić information content (AvgIpc) is 2.94. The van der Waals surface area contributed by atoms with Crippen molar-refractivity contribution in [1.29, 1.82) is 0 Å². The standard InChI is InChI=1S/C11H18N4OS/c1-8-10(11(16)14-12)17-9(13-8)4-7-15-5-2-3-6-15/h2-7,12H2,1H3,(H,14,16). The van der Waals surface area contributed by atoms with Gasteiger partial charge in [0.2, 0.25) is 0 Å². The number of aromatic nitrogens is 1. The first-order chi connectivity index (χ1) is 8.20. The van der Waals surface area contributed by atoms with Gasteiger partial charge >= 0.3 is 0 Å². The van der Waals surface area contributed by atoms with Gasteiger partial charge in [-0.2, -0.15) is 0 Å². The molecule has 17 heavy (non-hydrogen) atoms. The van der Waals surface area contributed by atoms with Crippen LogP contribution in [0.25, 0.3) is 0 Å². The summed E-state index contributed by atoms with van der Waals surface area (Å²) in [6.45, 7) is 5.28. The Balaban J connectivity index is 1.94. The molecule has 0 saturated carbocycles. The number of nitrogen functional groups attached to an aromatic ring is 1. The number of nitrogens with two attached hydrogens (primary N) is 1. The summed E-state index contributed by atoms with van der Waals surface area (Å²) in [6.07, 6.45) is 3.53. The van der Waals surface area contributed by atoms with Gasteiger partial charge < -0.3 is 4.90 Å². The molecule has 1 aliphatic heterocycles. The van der Waals surface area contributed by atoms with Crippen molar-refractivity contribution < 1.29 is 4.79 Å². The molecule has 1 aliphatic rings. The summed E-state index contributed by atoms with van der Waals surface area (Å²) in [7, 11) is 0. The number of hydrogen-bond acceptors (Lipinski definition) is 5. The lowest BCUT2D eigenvalue weighted by atomic mass is 10.3. The number of carbonyl (C=O) groups excluding carboxylic acids is 1. The number of carbonyl (C=O) groups is 1. The van der Waals surface area contributed by atoms with E-state index in [1.807, 2.05) is 6.92 Å². The van der Waals surface area contributed by atoms with Crippen molar-refractivity contribution in [3.8, 4) is 0 Å². The maximum Gasteiger partial charge on any atom is 0.277 e. The second-order valence-electron chi connectivity index (χ2n) is 4.29. The molecule has 2 heterocycles. The van der Waals surface area contributed by atoms with Gasteiger partial charge in [-0.15, -0.1) is 11.3 Å². The molecule has 94 valence electrons. The minimum Gasteiger partial charge on any atom is -0.303 e. The minimum atomic E-state index is -0.243. The Morgan fingerprint density at radius 3 is 2.88 bits per heavy atom. The van der Waals surface area contributed by atoms with Crippen molar-refractivity contribution >= 4 is 17.2 Å². The van der Waals surface area contributed by atoms with E-state index in [1.165, 1.54) is 37.3 Å². The van der Waals surface area contributed by atoms with E-state index in [1.54, 1.807) is 0 Å². The molecule has 6 heteroatoms. The molecule has 1 saturated heterocycles. The van der Waals surface area contributed by atoms with E-state index >= 15 is 0 Å². The van der Waals surface area contributed by atoms with E-state index in [0.717, 1.165) is 23.7 Å². The number of rotatable bonds is 4. The van der Waals surface area contributed by atoms with E-state index in [4.69, 9.17) is 5.84 Å². The van der Waals surface area contributed by atoms with Crippen molar-refractivity contribution in [2.24, 2.45) is 5.84 Å². The third kappa shape index (κ3) is 3.02. The van der Waals surface area contributed by atoms with Gasteiger partial charge in [-0.05, 0) is 32.9 Å². The Morgan fingerprint density at radius 1 is 1.53 bits per heavy atom. The fraction of sp³-hybridized carbons (Fsp3) is 0.636. The number of aryl methyl sites for hydroxylation is 1. The van der Waals surface area contributed by atoms with Gasteiger partial charge in [-0.1, -0.05) is 0 Å². The van der Waals surface area contributed by atoms with Crippen LogP contribution in [0.4, 0.5) is 0 Å². The van der Waals surface area contributed by atoms with Gasteiger partial charge in [0.25, 0.3) is 5.91 Å². The molecule has 0 bridgehead atoms. The highest BCUT2D eigenvalue weighted by Gasteiger charge is 2.16. The van der Waals surface area contributed by atoms with Crippen LogP contribution in [0, 0.1) is 6.92 Å². The maximum atomic E-state index is 11.4. The molecule has 3 N–H and O–H groups in total. The average molecular weight is 254 g/mol. The second kappa shape index (κ2) is 5.57. The Kier molecular flexibility index (Phi) is 4.09. The third-order valence-electron chi connectivity index (χ3n) is 3.02. The van der Waals surface area contributed by atoms with Crippen molar-refractivity contribution in [1.82, 2.24) is 15.3 Å². The monoisotopic (exact) mass is 254 g/mol. The number of nitrogens with zero attached hydrogens (tertiary/aromatic N) is 2. The third-order valence-corrected chi connectivity index (χ3v) is 4.23. The number of thiazole rings is 1. The Bertz CT molecular complexity index is 398. The summed E-state index contributed by atoms with van der Waals surface area (Å²) < 4.78 is 0. The molecule has 1 aromatic heterocycles. The first-order valence-corrected chi connectivity index (χ1v) is 6.72. The molecule has 0 spiro atoms. The smallest absolute Gasteiger partial charge is 0.277 e. The van der Waals surface area contributed by atoms with Gasteiger partial charge in [0.1, 0.15) is 4.88 Å². The summed E-state index contributed by atoms with van der Waals surface area (Å²) >= 11 is 1.45. The Labute approximate surface area is 105 Å². The van der Waals surface area contributed by atoms with Gasteiger partial charge in [0.15, 0.2) is 0 Å². The van der Waals surface area contributed by atoms with Crippen molar-refractivity contribution in [3.05, 3.63) is 15.6 Å². The number of nitrogens with one attached hydrogen (secondary N) is 1. The normalized spacial score (nSPS) is 16.4. The largest absolute Gasteiger partial charge is 0.303 e. The number of hydrazine groups is 1. The van der Waals surface area contributed by atoms with E-state index in [9.17, 15) is 4.79 Å². The van der Waals surface area contributed by atoms with Crippen molar-refractivity contribution in [2.45, 2.75) is 26.2 Å². The molecule has 0 aromatic carbocycles. The zero-order valence-corrected chi connectivity index (χ0v) is 10.8. The number of amides is 1. The van der Waals surface area contributed by atoms with Crippen LogP contribution in [0.5, 0.6) is 0 Å². The Hall–Kier alpha value is -0.980. The Morgan fingerprint density at radius 2 is 2.24 bits per heavy atom. The van der Waals surface area contributed by atoms with E-state index in [2.05, 4.69) is 15.3 Å². The lowest BCUT2D eigenvalue weighted by molar-refractivity contribution is 0.0957. The summed E-state index contributed by atoms with van der Waals surface area (Å²) in [4.78, 5) is 18.9. The van der Waals surface area contributed by atoms with Crippen molar-refractivity contribution in [2.75, 3.05) is 19.6 Å². The number of hydrogen-bond donors (Lipinski definition) is 2. The molecule has 5 nitrogen and oxygen atoms in total. The van der Waals surface area contributed by atoms with Crippen LogP contribution in [0.2, 0.25) is 0 Å². The van der Waals surface area contributed by atoms with Crippen LogP contribution < -0.4 is 11.3 Å². The van der Waals surface area contributed by atoms with Crippen LogP contribution >= 0.6 is 11.3 Å². The van der Waals surface area contributed by atoms with E-state index in [0.29, 0.717) is 4.88 Å². The summed E-state index contributed by atoms with van der Waals surface area (Å²) in [5, 5.41) is 1.02. The highest BCUT2D eigenvalue weighted by molar-refractivity contribution is 7.13. The summed E-state index contributed by atoms with van der Waals surface area (Å²) in [5.74, 6) is 4.88. The van der Waals surface area contributed by atoms with Crippen LogP contribution in [0.15, 0.2) is 0 Å². The predicted molar refractivity (Wildman–Crippen MR) is 67.9 cm³/mol. The van der Waals surface area contributed by atoms with Crippen LogP contribution in [0.3, 0.4) is 0 Å². The highest BCUT2D eigenvalue weighted by Crippen LogP contribution is 2.19. The summed E-state index contributed by atoms with van der Waals surface area (Å²) in [6, 6.07) is 0. The topological polar surface area (TPSA) is 71.2 Å². The van der Waals surface area contributed by atoms with Gasteiger partial charge in [0, 0.05) is 13.0 Å². The molecular formula is C11H18N4OS. The quantitative estimate of drug-likeness (QED) is 0.471. The predicted octanol–water partition coefficient (Wildman–Crippen LogP) is 0.693. The van der Waals surface area contributed by atoms with Gasteiger partial charge in [-0.3, -0.25) is 10.2 Å². The fourth-order valence-electron chi connectivity index (χ4n) is 2.10. The maximum absolute atomic E-state index is 11.4. The molecule has 0 aliphatic carbocycles. The van der Waals surface area contributed by atoms with Crippen LogP contribution in [0.1, 0.15) is 33.2 Å². The first-order valence-electron chi connectivity index (χ1n) is 5.90. The summed E-state index contributed by atoms with van der Waals surface area (Å²) in [5.41, 5.74) is 2.93. The molecular weight excluding hydrogens is 236 g/mol. The van der Waals surface area contributed by atoms with Gasteiger partial charge in [0.05, 0.1) is 10.7 Å². The molecule has 0 unspecified atom stereocenters. The van der Waals surface area contributed by atoms with Crippen LogP contribution in [-0.2, 0) is 6.42 Å². The first kappa shape index (κ1) is 12.5. The molecule has 0 atom stereocenters. The molecule has 0 radical (unpaired) electrons. The minimum absolute atomic E-state index is 0.243. The molecule has 2 rings (SSSR count). The van der Waals surface area contributed by atoms with E-state index in [-0.39, 0.29) is 5.91 Å². The zero-order chi connectivity index (χ0) is 12.3. The van der Waals surface area contributed by atoms with E-state index < -0.39 is 0 Å². The molecule has 1 fully saturated rings. The second-order valence-corrected chi connectivity index (χ2v) is 5.38. The molecule has 1 aromatic rings. The van der Waals surface area contributed by atoms with Crippen LogP contribution in [-0.4, -0.2) is 35.4 Å². The lowest BCUT2D eigenvalue weighted by Gasteiger charge is -2.12. The fourth-order valence-corrected chi connectivity index (χ4v) is 3.05. The van der Waals surface area contributed by atoms with Crippen molar-refractivity contribution in [3.63, 3.8) is 0 Å². The van der Waals surface area contributed by atoms with Gasteiger partial charge in [-0.25, -0.2) is 10.8 Å².